The van der Waals surface area contributed by atoms with Crippen LogP contribution in [-0.2, 0) is 0 Å². The summed E-state index contributed by atoms with van der Waals surface area (Å²) in [6, 6.07) is 10.3. The van der Waals surface area contributed by atoms with Crippen LogP contribution in [0.2, 0.25) is 5.02 Å². The molecule has 21 heavy (non-hydrogen) atoms. The number of hydrogen-bond donors (Lipinski definition) is 1. The number of aromatic nitrogens is 1. The molecule has 1 heterocycles. The number of nitrogens with two attached hydrogens (primary N) is 1. The highest BCUT2D eigenvalue weighted by Gasteiger charge is 2.17. The molecule has 5 heteroatoms. The van der Waals surface area contributed by atoms with Crippen LogP contribution in [0.1, 0.15) is 15.9 Å². The summed E-state index contributed by atoms with van der Waals surface area (Å²) in [6.45, 7) is 0. The number of carbonyl (C=O) groups excluding carboxylic acids is 1. The smallest absolute Gasteiger partial charge is 0.195 e. The monoisotopic (exact) mass is 300 g/mol. The van der Waals surface area contributed by atoms with Gasteiger partial charge < -0.3 is 5.73 Å². The van der Waals surface area contributed by atoms with Gasteiger partial charge in [-0.25, -0.2) is 4.39 Å². The molecule has 2 N–H and O–H groups in total. The molecule has 0 aliphatic heterocycles. The minimum atomic E-state index is -0.405. The summed E-state index contributed by atoms with van der Waals surface area (Å²) in [6.07, 6.45) is 1.58. The molecule has 0 radical (unpaired) electrons. The molecule has 0 fully saturated rings. The van der Waals surface area contributed by atoms with E-state index in [0.717, 1.165) is 0 Å². The molecule has 0 aliphatic carbocycles. The molecule has 0 atom stereocenters. The van der Waals surface area contributed by atoms with Crippen molar-refractivity contribution in [2.45, 2.75) is 0 Å². The number of carbonyl (C=O) groups is 1. The van der Waals surface area contributed by atoms with E-state index in [1.807, 2.05) is 0 Å². The second-order valence-electron chi connectivity index (χ2n) is 4.56. The third kappa shape index (κ3) is 2.34. The number of nitrogen functional groups attached to an aromatic ring is 1. The lowest BCUT2D eigenvalue weighted by atomic mass is 9.99. The Morgan fingerprint density at radius 3 is 2.62 bits per heavy atom. The Labute approximate surface area is 125 Å². The predicted molar refractivity (Wildman–Crippen MR) is 81.0 cm³/mol. The summed E-state index contributed by atoms with van der Waals surface area (Å²) in [5, 5.41) is 1.09. The fourth-order valence-corrected chi connectivity index (χ4v) is 2.43. The van der Waals surface area contributed by atoms with E-state index in [2.05, 4.69) is 4.98 Å². The van der Waals surface area contributed by atoms with E-state index in [4.69, 9.17) is 17.3 Å². The quantitative estimate of drug-likeness (QED) is 0.578. The molecule has 0 unspecified atom stereocenters. The van der Waals surface area contributed by atoms with Crippen molar-refractivity contribution in [3.05, 3.63) is 70.6 Å². The van der Waals surface area contributed by atoms with Crippen molar-refractivity contribution >= 4 is 34.0 Å². The molecule has 0 saturated carbocycles. The summed E-state index contributed by atoms with van der Waals surface area (Å²) >= 11 is 6.18. The van der Waals surface area contributed by atoms with Gasteiger partial charge in [0.15, 0.2) is 5.78 Å². The van der Waals surface area contributed by atoms with Crippen LogP contribution in [0, 0.1) is 5.82 Å². The Bertz CT molecular complexity index is 847. The van der Waals surface area contributed by atoms with Crippen LogP contribution < -0.4 is 5.73 Å². The van der Waals surface area contributed by atoms with Crippen LogP contribution >= 0.6 is 11.6 Å². The summed E-state index contributed by atoms with van der Waals surface area (Å²) in [5.74, 6) is -0.723. The molecule has 3 aromatic rings. The highest BCUT2D eigenvalue weighted by Crippen LogP contribution is 2.31. The second-order valence-corrected chi connectivity index (χ2v) is 4.96. The number of ketones is 1. The molecule has 104 valence electrons. The third-order valence-electron chi connectivity index (χ3n) is 3.23. The zero-order chi connectivity index (χ0) is 15.0. The number of pyridine rings is 1. The summed E-state index contributed by atoms with van der Waals surface area (Å²) in [5.41, 5.74) is 7.39. The molecular weight excluding hydrogens is 291 g/mol. The minimum absolute atomic E-state index is 0.262. The van der Waals surface area contributed by atoms with E-state index >= 15 is 0 Å². The van der Waals surface area contributed by atoms with Gasteiger partial charge >= 0.3 is 0 Å². The number of nitrogens with zero attached hydrogens (tertiary/aromatic N) is 1. The lowest BCUT2D eigenvalue weighted by molar-refractivity contribution is 0.103. The molecule has 0 bridgehead atoms. The predicted octanol–water partition coefficient (Wildman–Crippen LogP) is 3.84. The van der Waals surface area contributed by atoms with Crippen molar-refractivity contribution in [2.24, 2.45) is 0 Å². The minimum Gasteiger partial charge on any atom is -0.396 e. The SMILES string of the molecule is Nc1c(C(=O)c2ccc(F)cc2)cc(Cl)c2cccnc12. The van der Waals surface area contributed by atoms with Crippen LogP contribution in [-0.4, -0.2) is 10.8 Å². The first kappa shape index (κ1) is 13.5. The first-order chi connectivity index (χ1) is 10.1. The van der Waals surface area contributed by atoms with E-state index in [-0.39, 0.29) is 17.0 Å². The number of halogens is 2. The largest absolute Gasteiger partial charge is 0.396 e. The highest BCUT2D eigenvalue weighted by molar-refractivity contribution is 6.37. The fraction of sp³-hybridized carbons (Fsp3) is 0. The average molecular weight is 301 g/mol. The van der Waals surface area contributed by atoms with Gasteiger partial charge in [0.2, 0.25) is 0 Å². The Kier molecular flexibility index (Phi) is 3.31. The zero-order valence-electron chi connectivity index (χ0n) is 10.8. The van der Waals surface area contributed by atoms with Crippen LogP contribution in [0.3, 0.4) is 0 Å². The topological polar surface area (TPSA) is 56.0 Å². The van der Waals surface area contributed by atoms with Gasteiger partial charge in [-0.3, -0.25) is 9.78 Å². The Morgan fingerprint density at radius 1 is 1.19 bits per heavy atom. The maximum Gasteiger partial charge on any atom is 0.195 e. The van der Waals surface area contributed by atoms with Gasteiger partial charge in [-0.05, 0) is 42.5 Å². The number of anilines is 1. The Hall–Kier alpha value is -2.46. The number of benzene rings is 2. The van der Waals surface area contributed by atoms with Gasteiger partial charge in [-0.1, -0.05) is 11.6 Å². The highest BCUT2D eigenvalue weighted by atomic mass is 35.5. The van der Waals surface area contributed by atoms with Crippen molar-refractivity contribution < 1.29 is 9.18 Å². The molecule has 3 rings (SSSR count). The second kappa shape index (κ2) is 5.14. The van der Waals surface area contributed by atoms with E-state index in [1.165, 1.54) is 30.3 Å². The van der Waals surface area contributed by atoms with Crippen molar-refractivity contribution in [1.82, 2.24) is 4.98 Å². The van der Waals surface area contributed by atoms with Crippen LogP contribution in [0.25, 0.3) is 10.9 Å². The Morgan fingerprint density at radius 2 is 1.90 bits per heavy atom. The van der Waals surface area contributed by atoms with Crippen molar-refractivity contribution in [2.75, 3.05) is 5.73 Å². The van der Waals surface area contributed by atoms with E-state index < -0.39 is 5.82 Å². The average Bonchev–Trinajstić information content (AvgIpc) is 2.51. The first-order valence-electron chi connectivity index (χ1n) is 6.21. The van der Waals surface area contributed by atoms with Crippen molar-refractivity contribution in [1.29, 1.82) is 0 Å². The van der Waals surface area contributed by atoms with Crippen molar-refractivity contribution in [3.8, 4) is 0 Å². The lowest BCUT2D eigenvalue weighted by Gasteiger charge is -2.09. The van der Waals surface area contributed by atoms with Gasteiger partial charge in [0.1, 0.15) is 5.82 Å². The third-order valence-corrected chi connectivity index (χ3v) is 3.55. The Balaban J connectivity index is 2.18. The zero-order valence-corrected chi connectivity index (χ0v) is 11.6. The van der Waals surface area contributed by atoms with Crippen LogP contribution in [0.4, 0.5) is 10.1 Å². The molecule has 0 amide bonds. The van der Waals surface area contributed by atoms with Crippen LogP contribution in [0.5, 0.6) is 0 Å². The van der Waals surface area contributed by atoms with Crippen LogP contribution in [0.15, 0.2) is 48.7 Å². The van der Waals surface area contributed by atoms with E-state index in [1.54, 1.807) is 18.3 Å². The lowest BCUT2D eigenvalue weighted by Crippen LogP contribution is -2.06. The van der Waals surface area contributed by atoms with Gasteiger partial charge in [0, 0.05) is 22.7 Å². The molecule has 0 aliphatic rings. The normalized spacial score (nSPS) is 10.8. The summed E-state index contributed by atoms with van der Waals surface area (Å²) in [7, 11) is 0. The molecule has 0 spiro atoms. The molecule has 1 aromatic heterocycles. The number of hydrogen-bond acceptors (Lipinski definition) is 3. The maximum atomic E-state index is 12.9. The summed E-state index contributed by atoms with van der Waals surface area (Å²) < 4.78 is 12.9. The van der Waals surface area contributed by atoms with E-state index in [0.29, 0.717) is 21.5 Å². The van der Waals surface area contributed by atoms with Gasteiger partial charge in [0.05, 0.1) is 16.2 Å². The number of fused-ring (bicyclic) bond motifs is 1. The van der Waals surface area contributed by atoms with Gasteiger partial charge in [0.25, 0.3) is 0 Å². The van der Waals surface area contributed by atoms with Gasteiger partial charge in [-0.15, -0.1) is 0 Å². The molecule has 0 saturated heterocycles. The van der Waals surface area contributed by atoms with E-state index in [9.17, 15) is 9.18 Å². The molecular formula is C16H10ClFN2O. The van der Waals surface area contributed by atoms with Crippen molar-refractivity contribution in [3.63, 3.8) is 0 Å². The molecule has 2 aromatic carbocycles. The maximum absolute atomic E-state index is 12.9. The van der Waals surface area contributed by atoms with Gasteiger partial charge in [-0.2, -0.15) is 0 Å². The fourth-order valence-electron chi connectivity index (χ4n) is 2.17. The standard InChI is InChI=1S/C16H10ClFN2O/c17-13-8-12(14(19)15-11(13)2-1-7-20-15)16(21)9-3-5-10(18)6-4-9/h1-8H,19H2. The molecule has 3 nitrogen and oxygen atoms in total. The summed E-state index contributed by atoms with van der Waals surface area (Å²) in [4.78, 5) is 16.7. The number of rotatable bonds is 2. The first-order valence-corrected chi connectivity index (χ1v) is 6.58.